The normalized spacial score (nSPS) is 16.6. The van der Waals surface area contributed by atoms with E-state index >= 15 is 0 Å². The van der Waals surface area contributed by atoms with Gasteiger partial charge in [0, 0.05) is 0 Å². The third-order valence-electron chi connectivity index (χ3n) is 6.91. The number of hydrogen-bond donors (Lipinski definition) is 0. The van der Waals surface area contributed by atoms with Crippen LogP contribution in [-0.4, -0.2) is 47.9 Å². The van der Waals surface area contributed by atoms with Crippen molar-refractivity contribution < 1.29 is 41.6 Å². The molecule has 0 bridgehead atoms. The zero-order chi connectivity index (χ0) is 30.3. The Morgan fingerprint density at radius 3 is 1.98 bits per heavy atom. The molecule has 2 atom stereocenters. The standard InChI is InChI=1S/C32H38O9S/c1-6-14-39-32-29(40-19-22-10-8-7-9-11-22)17-24(18-30(32)42(34,35)20-21(2)33)26-13-12-25(41-26)23-15-27(36-3)31(38-5)28(16-23)37-4/h7-11,15-18,25-26H,6,12-14,19-20H2,1-5H3/t25-,26-/m0/s1. The van der Waals surface area contributed by atoms with Crippen LogP contribution in [0.3, 0.4) is 0 Å². The Hall–Kier alpha value is -3.76. The first-order chi connectivity index (χ1) is 20.2. The highest BCUT2D eigenvalue weighted by atomic mass is 32.2. The number of hydrogen-bond acceptors (Lipinski definition) is 9. The van der Waals surface area contributed by atoms with Crippen LogP contribution in [0.1, 0.15) is 62.0 Å². The van der Waals surface area contributed by atoms with Crippen molar-refractivity contribution in [2.75, 3.05) is 33.7 Å². The number of methoxy groups -OCH3 is 3. The quantitative estimate of drug-likeness (QED) is 0.220. The van der Waals surface area contributed by atoms with E-state index < -0.39 is 27.5 Å². The Balaban J connectivity index is 1.74. The molecule has 1 fully saturated rings. The SMILES string of the molecule is CCCOc1c(OCc2ccccc2)cc([C@@H]2CC[C@@H](c3cc(OC)c(OC)c(OC)c3)O2)cc1S(=O)(=O)CC(C)=O. The van der Waals surface area contributed by atoms with Crippen LogP contribution in [0.15, 0.2) is 59.5 Å². The van der Waals surface area contributed by atoms with E-state index in [2.05, 4.69) is 0 Å². The minimum absolute atomic E-state index is 0.0773. The van der Waals surface area contributed by atoms with Crippen LogP contribution in [0.4, 0.5) is 0 Å². The Kier molecular flexibility index (Phi) is 10.3. The molecule has 0 saturated carbocycles. The lowest BCUT2D eigenvalue weighted by molar-refractivity contribution is -0.114. The lowest BCUT2D eigenvalue weighted by Crippen LogP contribution is -2.16. The Labute approximate surface area is 247 Å². The van der Waals surface area contributed by atoms with E-state index in [9.17, 15) is 13.2 Å². The van der Waals surface area contributed by atoms with Crippen molar-refractivity contribution in [2.24, 2.45) is 0 Å². The van der Waals surface area contributed by atoms with E-state index in [1.54, 1.807) is 33.5 Å². The van der Waals surface area contributed by atoms with Gasteiger partial charge in [-0.15, -0.1) is 0 Å². The maximum Gasteiger partial charge on any atom is 0.203 e. The van der Waals surface area contributed by atoms with Crippen molar-refractivity contribution in [3.05, 3.63) is 71.3 Å². The average molecular weight is 599 g/mol. The van der Waals surface area contributed by atoms with Gasteiger partial charge in [-0.25, -0.2) is 8.42 Å². The smallest absolute Gasteiger partial charge is 0.203 e. The topological polar surface area (TPSA) is 107 Å². The third-order valence-corrected chi connectivity index (χ3v) is 8.67. The third kappa shape index (κ3) is 7.17. The first-order valence-corrected chi connectivity index (χ1v) is 15.5. The number of rotatable bonds is 14. The zero-order valence-corrected chi connectivity index (χ0v) is 25.5. The predicted molar refractivity (Wildman–Crippen MR) is 158 cm³/mol. The maximum atomic E-state index is 13.5. The molecule has 9 nitrogen and oxygen atoms in total. The van der Waals surface area contributed by atoms with Crippen molar-refractivity contribution in [3.63, 3.8) is 0 Å². The van der Waals surface area contributed by atoms with E-state index in [0.717, 1.165) is 11.1 Å². The molecule has 226 valence electrons. The van der Waals surface area contributed by atoms with Crippen LogP contribution in [-0.2, 0) is 26.0 Å². The van der Waals surface area contributed by atoms with E-state index in [-0.39, 0.29) is 35.7 Å². The van der Waals surface area contributed by atoms with Crippen molar-refractivity contribution in [1.29, 1.82) is 0 Å². The first kappa shape index (κ1) is 31.2. The fraction of sp³-hybridized carbons (Fsp3) is 0.406. The number of benzene rings is 3. The van der Waals surface area contributed by atoms with Gasteiger partial charge in [-0.3, -0.25) is 4.79 Å². The zero-order valence-electron chi connectivity index (χ0n) is 24.7. The molecule has 1 aliphatic heterocycles. The molecule has 1 heterocycles. The van der Waals surface area contributed by atoms with E-state index in [0.29, 0.717) is 42.1 Å². The molecule has 10 heteroatoms. The summed E-state index contributed by atoms with van der Waals surface area (Å²) in [5.41, 5.74) is 2.39. The molecule has 0 spiro atoms. The molecule has 0 amide bonds. The van der Waals surface area contributed by atoms with Gasteiger partial charge in [-0.05, 0) is 67.1 Å². The van der Waals surface area contributed by atoms with Gasteiger partial charge < -0.3 is 28.4 Å². The van der Waals surface area contributed by atoms with E-state index in [1.807, 2.05) is 49.4 Å². The fourth-order valence-corrected chi connectivity index (χ4v) is 6.41. The molecule has 0 N–H and O–H groups in total. The number of ketones is 1. The van der Waals surface area contributed by atoms with Crippen LogP contribution >= 0.6 is 0 Å². The highest BCUT2D eigenvalue weighted by Crippen LogP contribution is 2.48. The summed E-state index contributed by atoms with van der Waals surface area (Å²) in [5.74, 6) is 0.811. The van der Waals surface area contributed by atoms with Crippen molar-refractivity contribution in [3.8, 4) is 28.7 Å². The Morgan fingerprint density at radius 1 is 0.833 bits per heavy atom. The van der Waals surface area contributed by atoms with Gasteiger partial charge in [-0.1, -0.05) is 37.3 Å². The average Bonchev–Trinajstić information content (AvgIpc) is 3.48. The number of Topliss-reactive ketones (excluding diaryl/α,β-unsaturated/α-hetero) is 1. The lowest BCUT2D eigenvalue weighted by Gasteiger charge is -2.21. The van der Waals surface area contributed by atoms with Crippen molar-refractivity contribution in [1.82, 2.24) is 0 Å². The minimum Gasteiger partial charge on any atom is -0.493 e. The molecular weight excluding hydrogens is 560 g/mol. The second-order valence-electron chi connectivity index (χ2n) is 10.1. The summed E-state index contributed by atoms with van der Waals surface area (Å²) in [6.45, 7) is 3.67. The van der Waals surface area contributed by atoms with Crippen molar-refractivity contribution >= 4 is 15.6 Å². The van der Waals surface area contributed by atoms with Gasteiger partial charge in [0.05, 0.1) is 40.1 Å². The number of carbonyl (C=O) groups excluding carboxylic acids is 1. The molecule has 0 aromatic heterocycles. The first-order valence-electron chi connectivity index (χ1n) is 13.9. The van der Waals surface area contributed by atoms with Gasteiger partial charge in [-0.2, -0.15) is 0 Å². The second-order valence-corrected chi connectivity index (χ2v) is 12.0. The highest BCUT2D eigenvalue weighted by Gasteiger charge is 2.33. The molecule has 0 radical (unpaired) electrons. The maximum absolute atomic E-state index is 13.5. The molecule has 3 aromatic rings. The minimum atomic E-state index is -4.03. The fourth-order valence-electron chi connectivity index (χ4n) is 4.96. The number of carbonyl (C=O) groups is 1. The second kappa shape index (κ2) is 13.9. The Morgan fingerprint density at radius 2 is 1.43 bits per heavy atom. The lowest BCUT2D eigenvalue weighted by atomic mass is 10.0. The summed E-state index contributed by atoms with van der Waals surface area (Å²) >= 11 is 0. The molecule has 0 unspecified atom stereocenters. The largest absolute Gasteiger partial charge is 0.493 e. The number of sulfone groups is 1. The van der Waals surface area contributed by atoms with Crippen LogP contribution in [0.2, 0.25) is 0 Å². The molecule has 1 saturated heterocycles. The molecule has 42 heavy (non-hydrogen) atoms. The molecule has 0 aliphatic carbocycles. The summed E-state index contributed by atoms with van der Waals surface area (Å²) in [4.78, 5) is 11.9. The summed E-state index contributed by atoms with van der Waals surface area (Å²) in [7, 11) is 0.634. The van der Waals surface area contributed by atoms with Crippen LogP contribution < -0.4 is 23.7 Å². The van der Waals surface area contributed by atoms with E-state index in [4.69, 9.17) is 28.4 Å². The van der Waals surface area contributed by atoms with Crippen LogP contribution in [0.25, 0.3) is 0 Å². The number of ether oxygens (including phenoxy) is 6. The van der Waals surface area contributed by atoms with E-state index in [1.165, 1.54) is 6.92 Å². The summed E-state index contributed by atoms with van der Waals surface area (Å²) in [6, 6.07) is 16.6. The summed E-state index contributed by atoms with van der Waals surface area (Å²) in [5, 5.41) is 0. The van der Waals surface area contributed by atoms with Gasteiger partial charge >= 0.3 is 0 Å². The highest BCUT2D eigenvalue weighted by molar-refractivity contribution is 7.92. The van der Waals surface area contributed by atoms with Gasteiger partial charge in [0.2, 0.25) is 5.75 Å². The van der Waals surface area contributed by atoms with Crippen molar-refractivity contribution in [2.45, 2.75) is 56.8 Å². The molecule has 4 rings (SSSR count). The summed E-state index contributed by atoms with van der Waals surface area (Å²) < 4.78 is 62.0. The van der Waals surface area contributed by atoms with Crippen LogP contribution in [0, 0.1) is 0 Å². The molecule has 1 aliphatic rings. The Bertz CT molecular complexity index is 1460. The monoisotopic (exact) mass is 598 g/mol. The van der Waals surface area contributed by atoms with Gasteiger partial charge in [0.25, 0.3) is 0 Å². The van der Waals surface area contributed by atoms with Gasteiger partial charge in [0.1, 0.15) is 23.0 Å². The molecular formula is C32H38O9S. The summed E-state index contributed by atoms with van der Waals surface area (Å²) in [6.07, 6.45) is 1.23. The molecule has 3 aromatic carbocycles. The van der Waals surface area contributed by atoms with Crippen LogP contribution in [0.5, 0.6) is 28.7 Å². The predicted octanol–water partition coefficient (Wildman–Crippen LogP) is 6.04. The van der Waals surface area contributed by atoms with Gasteiger partial charge in [0.15, 0.2) is 32.8 Å².